The van der Waals surface area contributed by atoms with Crippen molar-refractivity contribution in [1.29, 1.82) is 0 Å². The Morgan fingerprint density at radius 3 is 2.19 bits per heavy atom. The van der Waals surface area contributed by atoms with E-state index in [1.54, 1.807) is 0 Å². The molecule has 0 spiro atoms. The molecule has 0 aromatic rings. The molecule has 16 heavy (non-hydrogen) atoms. The van der Waals surface area contributed by atoms with Gasteiger partial charge >= 0.3 is 0 Å². The molecule has 0 unspecified atom stereocenters. The molecule has 0 aromatic carbocycles. The largest absolute Gasteiger partial charge is 0.329 e. The van der Waals surface area contributed by atoms with E-state index < -0.39 is 0 Å². The van der Waals surface area contributed by atoms with E-state index in [0.29, 0.717) is 11.5 Å². The maximum atomic E-state index is 5.60. The first-order valence-electron chi connectivity index (χ1n) is 6.87. The summed E-state index contributed by atoms with van der Waals surface area (Å²) in [5, 5.41) is 3.53. The van der Waals surface area contributed by atoms with E-state index in [1.165, 1.54) is 25.7 Å². The third kappa shape index (κ3) is 4.42. The van der Waals surface area contributed by atoms with Crippen molar-refractivity contribution in [2.75, 3.05) is 13.1 Å². The van der Waals surface area contributed by atoms with Gasteiger partial charge in [-0.25, -0.2) is 0 Å². The molecule has 0 bridgehead atoms. The van der Waals surface area contributed by atoms with Crippen LogP contribution >= 0.6 is 0 Å². The Balaban J connectivity index is 2.22. The van der Waals surface area contributed by atoms with Crippen molar-refractivity contribution in [1.82, 2.24) is 5.32 Å². The van der Waals surface area contributed by atoms with Gasteiger partial charge in [-0.05, 0) is 56.4 Å². The summed E-state index contributed by atoms with van der Waals surface area (Å²) >= 11 is 0. The molecule has 0 aromatic heterocycles. The van der Waals surface area contributed by atoms with Gasteiger partial charge in [0.1, 0.15) is 0 Å². The fourth-order valence-corrected chi connectivity index (χ4v) is 2.68. The quantitative estimate of drug-likeness (QED) is 0.773. The summed E-state index contributed by atoms with van der Waals surface area (Å²) in [6, 6.07) is 0.473. The van der Waals surface area contributed by atoms with E-state index in [2.05, 4.69) is 33.0 Å². The maximum absolute atomic E-state index is 5.60. The minimum atomic E-state index is 0.473. The Kier molecular flexibility index (Phi) is 5.26. The Morgan fingerprint density at radius 1 is 1.19 bits per heavy atom. The fraction of sp³-hybridized carbons (Fsp3) is 1.00. The third-order valence-corrected chi connectivity index (χ3v) is 4.18. The van der Waals surface area contributed by atoms with E-state index in [4.69, 9.17) is 5.73 Å². The average Bonchev–Trinajstić information content (AvgIpc) is 2.25. The average molecular weight is 226 g/mol. The van der Waals surface area contributed by atoms with Gasteiger partial charge in [0.15, 0.2) is 0 Å². The van der Waals surface area contributed by atoms with Crippen LogP contribution in [0.4, 0.5) is 0 Å². The minimum absolute atomic E-state index is 0.473. The summed E-state index contributed by atoms with van der Waals surface area (Å²) in [6.45, 7) is 11.2. The summed E-state index contributed by atoms with van der Waals surface area (Å²) in [5.74, 6) is 1.81. The zero-order chi connectivity index (χ0) is 12.2. The van der Waals surface area contributed by atoms with Crippen molar-refractivity contribution >= 4 is 0 Å². The normalized spacial score (nSPS) is 29.1. The van der Waals surface area contributed by atoms with E-state index in [9.17, 15) is 0 Å². The van der Waals surface area contributed by atoms with Crippen molar-refractivity contribution in [3.8, 4) is 0 Å². The van der Waals surface area contributed by atoms with Crippen molar-refractivity contribution < 1.29 is 0 Å². The van der Waals surface area contributed by atoms with Crippen molar-refractivity contribution in [2.24, 2.45) is 23.0 Å². The van der Waals surface area contributed by atoms with Crippen LogP contribution in [-0.4, -0.2) is 19.1 Å². The van der Waals surface area contributed by atoms with Crippen LogP contribution in [0.15, 0.2) is 0 Å². The molecule has 0 saturated heterocycles. The maximum Gasteiger partial charge on any atom is 0.0162 e. The lowest BCUT2D eigenvalue weighted by Crippen LogP contribution is -2.38. The zero-order valence-electron chi connectivity index (χ0n) is 11.6. The lowest BCUT2D eigenvalue weighted by molar-refractivity contribution is 0.148. The van der Waals surface area contributed by atoms with E-state index in [0.717, 1.165) is 24.9 Å². The summed E-state index contributed by atoms with van der Waals surface area (Å²) in [4.78, 5) is 0. The fourth-order valence-electron chi connectivity index (χ4n) is 2.68. The highest BCUT2D eigenvalue weighted by molar-refractivity contribution is 4.81. The Labute approximate surface area is 101 Å². The molecule has 1 fully saturated rings. The number of hydrogen-bond donors (Lipinski definition) is 2. The molecular weight excluding hydrogens is 196 g/mol. The first-order valence-corrected chi connectivity index (χ1v) is 6.87. The highest BCUT2D eigenvalue weighted by Crippen LogP contribution is 2.39. The van der Waals surface area contributed by atoms with Crippen LogP contribution in [0.5, 0.6) is 0 Å². The second-order valence-corrected chi connectivity index (χ2v) is 6.63. The van der Waals surface area contributed by atoms with E-state index >= 15 is 0 Å². The Bertz CT molecular complexity index is 187. The summed E-state index contributed by atoms with van der Waals surface area (Å²) < 4.78 is 0. The van der Waals surface area contributed by atoms with Crippen LogP contribution in [-0.2, 0) is 0 Å². The summed E-state index contributed by atoms with van der Waals surface area (Å²) in [6.07, 6.45) is 5.61. The molecule has 0 aliphatic heterocycles. The predicted molar refractivity (Wildman–Crippen MR) is 71.4 cm³/mol. The predicted octanol–water partition coefficient (Wildman–Crippen LogP) is 2.78. The van der Waals surface area contributed by atoms with E-state index in [-0.39, 0.29) is 0 Å². The molecular formula is C14H30N2. The summed E-state index contributed by atoms with van der Waals surface area (Å²) in [7, 11) is 0. The van der Waals surface area contributed by atoms with Crippen LogP contribution in [0.2, 0.25) is 0 Å². The second kappa shape index (κ2) is 6.02. The van der Waals surface area contributed by atoms with Gasteiger partial charge in [-0.1, -0.05) is 20.8 Å². The van der Waals surface area contributed by atoms with Gasteiger partial charge in [-0.15, -0.1) is 0 Å². The van der Waals surface area contributed by atoms with Crippen molar-refractivity contribution in [2.45, 2.75) is 59.4 Å². The van der Waals surface area contributed by atoms with Crippen LogP contribution in [0, 0.1) is 17.3 Å². The number of rotatable bonds is 4. The lowest BCUT2D eigenvalue weighted by atomic mass is 9.70. The molecule has 0 amide bonds. The molecule has 1 aliphatic rings. The molecule has 2 nitrogen and oxygen atoms in total. The van der Waals surface area contributed by atoms with Crippen LogP contribution in [0.1, 0.15) is 53.4 Å². The summed E-state index contributed by atoms with van der Waals surface area (Å²) in [5.41, 5.74) is 6.11. The molecule has 3 N–H and O–H groups in total. The van der Waals surface area contributed by atoms with Gasteiger partial charge < -0.3 is 11.1 Å². The molecule has 1 saturated carbocycles. The van der Waals surface area contributed by atoms with Crippen LogP contribution in [0.3, 0.4) is 0 Å². The molecule has 0 heterocycles. The van der Waals surface area contributed by atoms with Gasteiger partial charge in [-0.2, -0.15) is 0 Å². The molecule has 96 valence electrons. The smallest absolute Gasteiger partial charge is 0.0162 e. The highest BCUT2D eigenvalue weighted by atomic mass is 14.9. The number of nitrogens with two attached hydrogens (primary N) is 1. The number of hydrogen-bond acceptors (Lipinski definition) is 2. The van der Waals surface area contributed by atoms with Gasteiger partial charge in [0, 0.05) is 12.6 Å². The van der Waals surface area contributed by atoms with Gasteiger partial charge in [0.2, 0.25) is 0 Å². The second-order valence-electron chi connectivity index (χ2n) is 6.63. The molecule has 0 radical (unpaired) electrons. The lowest BCUT2D eigenvalue weighted by Gasteiger charge is -2.37. The Morgan fingerprint density at radius 2 is 1.75 bits per heavy atom. The SMILES string of the molecule is C[C@H](CN)NCC1CCC(C(C)(C)C)CC1. The van der Waals surface area contributed by atoms with Gasteiger partial charge in [0.25, 0.3) is 0 Å². The highest BCUT2D eigenvalue weighted by Gasteiger charge is 2.29. The first kappa shape index (κ1) is 14.0. The van der Waals surface area contributed by atoms with E-state index in [1.807, 2.05) is 0 Å². The monoisotopic (exact) mass is 226 g/mol. The Hall–Kier alpha value is -0.0800. The number of nitrogens with one attached hydrogen (secondary N) is 1. The zero-order valence-corrected chi connectivity index (χ0v) is 11.6. The molecule has 2 heteroatoms. The first-order chi connectivity index (χ1) is 7.43. The molecule has 1 rings (SSSR count). The van der Waals surface area contributed by atoms with Crippen LogP contribution in [0.25, 0.3) is 0 Å². The standard InChI is InChI=1S/C14H30N2/c1-11(9-15)16-10-12-5-7-13(8-6-12)14(2,3)4/h11-13,16H,5-10,15H2,1-4H3/t11-,12?,13?/m1/s1. The topological polar surface area (TPSA) is 38.0 Å². The molecule has 1 aliphatic carbocycles. The minimum Gasteiger partial charge on any atom is -0.329 e. The van der Waals surface area contributed by atoms with Crippen molar-refractivity contribution in [3.05, 3.63) is 0 Å². The van der Waals surface area contributed by atoms with Gasteiger partial charge in [-0.3, -0.25) is 0 Å². The molecule has 1 atom stereocenters. The van der Waals surface area contributed by atoms with Crippen LogP contribution < -0.4 is 11.1 Å². The third-order valence-electron chi connectivity index (χ3n) is 4.18. The van der Waals surface area contributed by atoms with Gasteiger partial charge in [0.05, 0.1) is 0 Å². The van der Waals surface area contributed by atoms with Crippen molar-refractivity contribution in [3.63, 3.8) is 0 Å².